The summed E-state index contributed by atoms with van der Waals surface area (Å²) in [4.78, 5) is 30.7. The predicted molar refractivity (Wildman–Crippen MR) is 147 cm³/mol. The number of rotatable bonds is 13. The van der Waals surface area contributed by atoms with Crippen LogP contribution in [0.5, 0.6) is 11.5 Å². The number of nitrogens with zero attached hydrogens (tertiary/aromatic N) is 1. The number of nitrogens with one attached hydrogen (secondary N) is 2. The van der Waals surface area contributed by atoms with E-state index in [1.807, 2.05) is 0 Å². The lowest BCUT2D eigenvalue weighted by Gasteiger charge is -2.28. The Labute approximate surface area is 242 Å². The van der Waals surface area contributed by atoms with Crippen LogP contribution in [0.4, 0.5) is 13.2 Å². The van der Waals surface area contributed by atoms with E-state index in [9.17, 15) is 22.8 Å². The molecule has 0 fully saturated rings. The number of hydrogen-bond acceptors (Lipinski definition) is 9. The Hall–Kier alpha value is -3.84. The molecule has 42 heavy (non-hydrogen) atoms. The topological polar surface area (TPSA) is 128 Å². The molecule has 1 heterocycles. The molecule has 0 saturated heterocycles. The van der Waals surface area contributed by atoms with Crippen molar-refractivity contribution in [3.8, 4) is 11.5 Å². The summed E-state index contributed by atoms with van der Waals surface area (Å²) >= 11 is 0. The molecular formula is C29H36F3N3O7. The molecule has 0 aromatic heterocycles. The lowest BCUT2D eigenvalue weighted by Crippen LogP contribution is -2.54. The molecule has 2 atom stereocenters. The summed E-state index contributed by atoms with van der Waals surface area (Å²) in [6, 6.07) is 12.1. The molecule has 0 bridgehead atoms. The summed E-state index contributed by atoms with van der Waals surface area (Å²) < 4.78 is 58.1. The second-order valence-corrected chi connectivity index (χ2v) is 10.6. The van der Waals surface area contributed by atoms with Gasteiger partial charge in [-0.3, -0.25) is 15.0 Å². The molecule has 13 heteroatoms. The third-order valence-corrected chi connectivity index (χ3v) is 6.11. The van der Waals surface area contributed by atoms with Crippen LogP contribution in [0, 0.1) is 0 Å². The third kappa shape index (κ3) is 9.62. The highest BCUT2D eigenvalue weighted by Gasteiger charge is 2.50. The molecule has 0 radical (unpaired) electrons. The predicted octanol–water partition coefficient (Wildman–Crippen LogP) is 4.19. The quantitative estimate of drug-likeness (QED) is 0.179. The first-order valence-electron chi connectivity index (χ1n) is 13.4. The number of carbonyl (C=O) groups is 2. The van der Waals surface area contributed by atoms with Crippen LogP contribution in [0.3, 0.4) is 0 Å². The van der Waals surface area contributed by atoms with Gasteiger partial charge in [-0.1, -0.05) is 12.1 Å². The van der Waals surface area contributed by atoms with E-state index < -0.39 is 35.5 Å². The molecule has 0 unspecified atom stereocenters. The number of aliphatic hydroxyl groups is 1. The molecule has 0 saturated carbocycles. The van der Waals surface area contributed by atoms with Crippen LogP contribution in [0.2, 0.25) is 0 Å². The largest absolute Gasteiger partial charge is 0.573 e. The van der Waals surface area contributed by atoms with Crippen molar-refractivity contribution >= 4 is 17.8 Å². The zero-order valence-electron chi connectivity index (χ0n) is 23.9. The SMILES string of the molecule is C[C@@H]1OC(c2ccc(OCCCO)cc2)=N[C@]1(CCC(=O)OC(C)(C)C)C(=O)NNCc1ccc(OC(F)(F)F)cc1. The van der Waals surface area contributed by atoms with Gasteiger partial charge in [-0.2, -0.15) is 0 Å². The number of esters is 1. The van der Waals surface area contributed by atoms with E-state index in [0.29, 0.717) is 29.9 Å². The Morgan fingerprint density at radius 2 is 1.69 bits per heavy atom. The first-order valence-corrected chi connectivity index (χ1v) is 13.4. The molecule has 2 aromatic carbocycles. The van der Waals surface area contributed by atoms with Crippen molar-refractivity contribution in [3.63, 3.8) is 0 Å². The molecule has 1 aliphatic heterocycles. The average molecular weight is 596 g/mol. The fourth-order valence-electron chi connectivity index (χ4n) is 4.08. The van der Waals surface area contributed by atoms with Crippen molar-refractivity contribution in [3.05, 3.63) is 59.7 Å². The van der Waals surface area contributed by atoms with Crippen LogP contribution in [0.1, 0.15) is 58.1 Å². The van der Waals surface area contributed by atoms with E-state index in [-0.39, 0.29) is 37.6 Å². The maximum Gasteiger partial charge on any atom is 0.573 e. The molecule has 10 nitrogen and oxygen atoms in total. The molecule has 0 spiro atoms. The summed E-state index contributed by atoms with van der Waals surface area (Å²) in [6.07, 6.45) is -5.16. The summed E-state index contributed by atoms with van der Waals surface area (Å²) in [5.41, 5.74) is 4.34. The van der Waals surface area contributed by atoms with Gasteiger partial charge in [0.05, 0.1) is 6.61 Å². The van der Waals surface area contributed by atoms with Gasteiger partial charge in [-0.15, -0.1) is 13.2 Å². The van der Waals surface area contributed by atoms with Crippen molar-refractivity contribution in [2.45, 2.75) is 77.1 Å². The second-order valence-electron chi connectivity index (χ2n) is 10.6. The molecule has 1 aliphatic rings. The van der Waals surface area contributed by atoms with Crippen LogP contribution < -0.4 is 20.3 Å². The zero-order chi connectivity index (χ0) is 31.0. The molecular weight excluding hydrogens is 559 g/mol. The minimum atomic E-state index is -4.79. The molecule has 230 valence electrons. The third-order valence-electron chi connectivity index (χ3n) is 6.11. The number of hydrogen-bond donors (Lipinski definition) is 3. The maximum absolute atomic E-state index is 13.6. The van der Waals surface area contributed by atoms with E-state index in [0.717, 1.165) is 0 Å². The van der Waals surface area contributed by atoms with Gasteiger partial charge in [-0.05, 0) is 76.1 Å². The van der Waals surface area contributed by atoms with Crippen molar-refractivity contribution in [1.82, 2.24) is 10.9 Å². The summed E-state index contributed by atoms with van der Waals surface area (Å²) in [5.74, 6) is -0.613. The molecule has 3 rings (SSSR count). The van der Waals surface area contributed by atoms with E-state index in [4.69, 9.17) is 19.3 Å². The van der Waals surface area contributed by atoms with Gasteiger partial charge < -0.3 is 24.1 Å². The summed E-state index contributed by atoms with van der Waals surface area (Å²) in [6.45, 7) is 7.37. The number of aliphatic hydroxyl groups excluding tert-OH is 1. The highest BCUT2D eigenvalue weighted by molar-refractivity contribution is 6.00. The lowest BCUT2D eigenvalue weighted by atomic mass is 9.88. The second kappa shape index (κ2) is 13.9. The molecule has 3 N–H and O–H groups in total. The average Bonchev–Trinajstić information content (AvgIpc) is 3.24. The maximum atomic E-state index is 13.6. The first-order chi connectivity index (χ1) is 19.7. The molecule has 2 aromatic rings. The van der Waals surface area contributed by atoms with Gasteiger partial charge in [0.15, 0.2) is 5.54 Å². The Morgan fingerprint density at radius 1 is 1.05 bits per heavy atom. The number of hydrazine groups is 1. The Balaban J connectivity index is 1.74. The van der Waals surface area contributed by atoms with Gasteiger partial charge in [0.1, 0.15) is 23.2 Å². The van der Waals surface area contributed by atoms with Gasteiger partial charge in [-0.25, -0.2) is 10.4 Å². The number of benzene rings is 2. The van der Waals surface area contributed by atoms with Gasteiger partial charge in [0.25, 0.3) is 5.91 Å². The first kappa shape index (κ1) is 32.7. The number of halogens is 3. The van der Waals surface area contributed by atoms with Crippen molar-refractivity contribution in [2.75, 3.05) is 13.2 Å². The van der Waals surface area contributed by atoms with Crippen LogP contribution >= 0.6 is 0 Å². The summed E-state index contributed by atoms with van der Waals surface area (Å²) in [7, 11) is 0. The monoisotopic (exact) mass is 595 g/mol. The van der Waals surface area contributed by atoms with Crippen LogP contribution in [0.25, 0.3) is 0 Å². The smallest absolute Gasteiger partial charge is 0.494 e. The zero-order valence-corrected chi connectivity index (χ0v) is 23.9. The minimum absolute atomic E-state index is 0.00801. The van der Waals surface area contributed by atoms with E-state index in [1.165, 1.54) is 24.3 Å². The van der Waals surface area contributed by atoms with Gasteiger partial charge in [0, 0.05) is 31.6 Å². The van der Waals surface area contributed by atoms with Gasteiger partial charge >= 0.3 is 12.3 Å². The van der Waals surface area contributed by atoms with Crippen LogP contribution in [-0.2, 0) is 25.6 Å². The number of amides is 1. The standard InChI is InChI=1S/C29H36F3N3O7/c1-19-28(15-14-24(37)42-27(2,3)4,34-25(40-19)21-8-12-22(13-9-21)39-17-5-16-36)26(38)35-33-18-20-6-10-23(11-7-20)41-29(30,31)32/h6-13,19,33,36H,5,14-18H2,1-4H3,(H,35,38)/t19-,28-/m0/s1. The number of alkyl halides is 3. The van der Waals surface area contributed by atoms with E-state index >= 15 is 0 Å². The normalized spacial score (nSPS) is 18.6. The molecule has 1 amide bonds. The minimum Gasteiger partial charge on any atom is -0.494 e. The highest BCUT2D eigenvalue weighted by Crippen LogP contribution is 2.34. The fourth-order valence-corrected chi connectivity index (χ4v) is 4.08. The van der Waals surface area contributed by atoms with Crippen LogP contribution in [0.15, 0.2) is 53.5 Å². The molecule has 0 aliphatic carbocycles. The van der Waals surface area contributed by atoms with Gasteiger partial charge in [0.2, 0.25) is 5.90 Å². The van der Waals surface area contributed by atoms with Crippen LogP contribution in [-0.4, -0.2) is 59.7 Å². The van der Waals surface area contributed by atoms with Crippen molar-refractivity contribution < 1.29 is 46.8 Å². The van der Waals surface area contributed by atoms with Crippen molar-refractivity contribution in [1.29, 1.82) is 0 Å². The lowest BCUT2D eigenvalue weighted by molar-refractivity contribution is -0.274. The number of ether oxygens (including phenoxy) is 4. The Kier molecular flexibility index (Phi) is 10.8. The Morgan fingerprint density at radius 3 is 2.29 bits per heavy atom. The highest BCUT2D eigenvalue weighted by atomic mass is 19.4. The number of carbonyl (C=O) groups excluding carboxylic acids is 2. The fraction of sp³-hybridized carbons (Fsp3) is 0.483. The Bertz CT molecular complexity index is 1230. The summed E-state index contributed by atoms with van der Waals surface area (Å²) in [5, 5.41) is 8.92. The number of aliphatic imine (C=N–C) groups is 1. The van der Waals surface area contributed by atoms with E-state index in [1.54, 1.807) is 52.0 Å². The van der Waals surface area contributed by atoms with E-state index in [2.05, 4.69) is 20.6 Å². The van der Waals surface area contributed by atoms with Crippen molar-refractivity contribution in [2.24, 2.45) is 4.99 Å².